The molecule has 0 fully saturated rings. The van der Waals surface area contributed by atoms with Crippen molar-refractivity contribution in [1.82, 2.24) is 0 Å². The Balaban J connectivity index is 1.81. The molecule has 0 N–H and O–H groups in total. The highest BCUT2D eigenvalue weighted by atomic mass is 79.9. The molecule has 138 valence electrons. The molecule has 0 heterocycles. The third kappa shape index (κ3) is 4.95. The van der Waals surface area contributed by atoms with Crippen LogP contribution in [0.3, 0.4) is 0 Å². The van der Waals surface area contributed by atoms with Gasteiger partial charge in [0.25, 0.3) is 0 Å². The van der Waals surface area contributed by atoms with Crippen LogP contribution in [0.5, 0.6) is 11.5 Å². The lowest BCUT2D eigenvalue weighted by Crippen LogP contribution is -2.00. The van der Waals surface area contributed by atoms with Gasteiger partial charge in [-0.2, -0.15) is 0 Å². The first-order valence-electron chi connectivity index (χ1n) is 8.41. The van der Waals surface area contributed by atoms with Crippen molar-refractivity contribution in [3.63, 3.8) is 0 Å². The van der Waals surface area contributed by atoms with Crippen molar-refractivity contribution < 1.29 is 13.9 Å². The summed E-state index contributed by atoms with van der Waals surface area (Å²) in [6.45, 7) is 2.26. The molecule has 0 bridgehead atoms. The topological polar surface area (TPSA) is 30.8 Å². The van der Waals surface area contributed by atoms with Crippen LogP contribution in [-0.4, -0.2) is 13.3 Å². The predicted octanol–water partition coefficient (Wildman–Crippen LogP) is 6.23. The van der Waals surface area contributed by atoms with Gasteiger partial charge in [-0.3, -0.25) is 4.99 Å². The molecule has 3 nitrogen and oxygen atoms in total. The highest BCUT2D eigenvalue weighted by Crippen LogP contribution is 2.37. The Morgan fingerprint density at radius 2 is 1.89 bits per heavy atom. The van der Waals surface area contributed by atoms with Gasteiger partial charge < -0.3 is 9.47 Å². The third-order valence-electron chi connectivity index (χ3n) is 3.99. The lowest BCUT2D eigenvalue weighted by atomic mass is 10.2. The summed E-state index contributed by atoms with van der Waals surface area (Å²) in [4.78, 5) is 4.54. The van der Waals surface area contributed by atoms with E-state index in [-0.39, 0.29) is 12.4 Å². The fourth-order valence-corrected chi connectivity index (χ4v) is 3.16. The van der Waals surface area contributed by atoms with Crippen LogP contribution >= 0.6 is 15.9 Å². The molecule has 0 aliphatic rings. The summed E-state index contributed by atoms with van der Waals surface area (Å²) < 4.78 is 25.4. The fourth-order valence-electron chi connectivity index (χ4n) is 2.59. The zero-order valence-electron chi connectivity index (χ0n) is 15.1. The standard InChI is InChI=1S/C22H19BrFNO2/c1-15-6-3-4-9-20(15)25-13-17-11-19(23)22(21(12-17)26-2)27-14-16-7-5-8-18(24)10-16/h3-13H,14H2,1-2H3. The molecule has 0 radical (unpaired) electrons. The number of nitrogens with zero attached hydrogens (tertiary/aromatic N) is 1. The highest BCUT2D eigenvalue weighted by molar-refractivity contribution is 9.10. The number of aliphatic imine (C=N–C) groups is 1. The molecular weight excluding hydrogens is 409 g/mol. The van der Waals surface area contributed by atoms with Gasteiger partial charge in [-0.15, -0.1) is 0 Å². The maximum Gasteiger partial charge on any atom is 0.175 e. The summed E-state index contributed by atoms with van der Waals surface area (Å²) in [5, 5.41) is 0. The summed E-state index contributed by atoms with van der Waals surface area (Å²) in [5.74, 6) is 0.853. The van der Waals surface area contributed by atoms with E-state index in [1.54, 1.807) is 19.4 Å². The van der Waals surface area contributed by atoms with Gasteiger partial charge in [0.15, 0.2) is 11.5 Å². The SMILES string of the molecule is COc1cc(C=Nc2ccccc2C)cc(Br)c1OCc1cccc(F)c1. The van der Waals surface area contributed by atoms with E-state index < -0.39 is 0 Å². The van der Waals surface area contributed by atoms with E-state index in [0.29, 0.717) is 11.5 Å². The zero-order chi connectivity index (χ0) is 19.2. The molecule has 0 saturated carbocycles. The highest BCUT2D eigenvalue weighted by Gasteiger charge is 2.12. The normalized spacial score (nSPS) is 11.0. The first-order chi connectivity index (χ1) is 13.1. The Kier molecular flexibility index (Phi) is 6.24. The van der Waals surface area contributed by atoms with Gasteiger partial charge in [-0.25, -0.2) is 4.39 Å². The number of ether oxygens (including phenoxy) is 2. The Bertz CT molecular complexity index is 972. The second kappa shape index (κ2) is 8.82. The molecule has 27 heavy (non-hydrogen) atoms. The first-order valence-corrected chi connectivity index (χ1v) is 9.20. The van der Waals surface area contributed by atoms with Crippen molar-refractivity contribution >= 4 is 27.8 Å². The maximum atomic E-state index is 13.3. The number of hydrogen-bond acceptors (Lipinski definition) is 3. The van der Waals surface area contributed by atoms with Gasteiger partial charge in [-0.1, -0.05) is 30.3 Å². The molecule has 0 saturated heterocycles. The number of halogens is 2. The minimum absolute atomic E-state index is 0.239. The van der Waals surface area contributed by atoms with E-state index in [9.17, 15) is 4.39 Å². The van der Waals surface area contributed by atoms with Gasteiger partial charge in [0.2, 0.25) is 0 Å². The molecule has 0 aliphatic carbocycles. The van der Waals surface area contributed by atoms with Crippen molar-refractivity contribution in [1.29, 1.82) is 0 Å². The first kappa shape index (κ1) is 19.1. The predicted molar refractivity (Wildman–Crippen MR) is 110 cm³/mol. The monoisotopic (exact) mass is 427 g/mol. The molecule has 0 spiro atoms. The van der Waals surface area contributed by atoms with Crippen LogP contribution in [0.25, 0.3) is 0 Å². The number of hydrogen-bond donors (Lipinski definition) is 0. The van der Waals surface area contributed by atoms with Crippen LogP contribution in [0.4, 0.5) is 10.1 Å². The number of methoxy groups -OCH3 is 1. The summed E-state index contributed by atoms with van der Waals surface area (Å²) in [5.41, 5.74) is 3.64. The van der Waals surface area contributed by atoms with E-state index in [4.69, 9.17) is 9.47 Å². The zero-order valence-corrected chi connectivity index (χ0v) is 16.7. The van der Waals surface area contributed by atoms with Gasteiger partial charge in [0, 0.05) is 6.21 Å². The van der Waals surface area contributed by atoms with Gasteiger partial charge in [0.1, 0.15) is 12.4 Å². The largest absolute Gasteiger partial charge is 0.493 e. The molecule has 3 aromatic carbocycles. The number of benzene rings is 3. The van der Waals surface area contributed by atoms with E-state index in [1.165, 1.54) is 12.1 Å². The van der Waals surface area contributed by atoms with Crippen molar-refractivity contribution in [3.8, 4) is 11.5 Å². The van der Waals surface area contributed by atoms with E-state index in [0.717, 1.165) is 26.9 Å². The molecule has 5 heteroatoms. The average molecular weight is 428 g/mol. The minimum atomic E-state index is -0.287. The summed E-state index contributed by atoms with van der Waals surface area (Å²) >= 11 is 3.53. The third-order valence-corrected chi connectivity index (χ3v) is 4.58. The van der Waals surface area contributed by atoms with Crippen LogP contribution < -0.4 is 9.47 Å². The molecule has 0 atom stereocenters. The number of para-hydroxylation sites is 1. The molecule has 0 amide bonds. The second-order valence-electron chi connectivity index (χ2n) is 6.00. The Morgan fingerprint density at radius 1 is 1.07 bits per heavy atom. The molecular formula is C22H19BrFNO2. The second-order valence-corrected chi connectivity index (χ2v) is 6.85. The van der Waals surface area contributed by atoms with Crippen LogP contribution in [0.2, 0.25) is 0 Å². The van der Waals surface area contributed by atoms with Crippen molar-refractivity contribution in [2.75, 3.05) is 7.11 Å². The minimum Gasteiger partial charge on any atom is -0.493 e. The molecule has 0 unspecified atom stereocenters. The quantitative estimate of drug-likeness (QED) is 0.436. The Labute approximate surface area is 166 Å². The molecule has 0 aromatic heterocycles. The van der Waals surface area contributed by atoms with Gasteiger partial charge in [-0.05, 0) is 69.9 Å². The van der Waals surface area contributed by atoms with Crippen LogP contribution in [-0.2, 0) is 6.61 Å². The van der Waals surface area contributed by atoms with Gasteiger partial charge in [0.05, 0.1) is 17.3 Å². The van der Waals surface area contributed by atoms with Crippen LogP contribution in [0.15, 0.2) is 70.1 Å². The van der Waals surface area contributed by atoms with E-state index >= 15 is 0 Å². The van der Waals surface area contributed by atoms with Gasteiger partial charge >= 0.3 is 0 Å². The average Bonchev–Trinajstić information content (AvgIpc) is 2.66. The smallest absolute Gasteiger partial charge is 0.175 e. The van der Waals surface area contributed by atoms with E-state index in [2.05, 4.69) is 20.9 Å². The lowest BCUT2D eigenvalue weighted by molar-refractivity contribution is 0.282. The van der Waals surface area contributed by atoms with Crippen molar-refractivity contribution in [2.45, 2.75) is 13.5 Å². The summed E-state index contributed by atoms with van der Waals surface area (Å²) in [7, 11) is 1.58. The molecule has 0 aliphatic heterocycles. The fraction of sp³-hybridized carbons (Fsp3) is 0.136. The van der Waals surface area contributed by atoms with E-state index in [1.807, 2.05) is 49.4 Å². The van der Waals surface area contributed by atoms with Crippen LogP contribution in [0.1, 0.15) is 16.7 Å². The summed E-state index contributed by atoms with van der Waals surface area (Å²) in [6.07, 6.45) is 1.78. The Hall–Kier alpha value is -2.66. The van der Waals surface area contributed by atoms with Crippen molar-refractivity contribution in [2.24, 2.45) is 4.99 Å². The Morgan fingerprint density at radius 3 is 2.63 bits per heavy atom. The number of rotatable bonds is 6. The van der Waals surface area contributed by atoms with Crippen molar-refractivity contribution in [3.05, 3.63) is 87.6 Å². The number of aryl methyl sites for hydroxylation is 1. The molecule has 3 rings (SSSR count). The molecule has 3 aromatic rings. The lowest BCUT2D eigenvalue weighted by Gasteiger charge is -2.13. The summed E-state index contributed by atoms with van der Waals surface area (Å²) in [6, 6.07) is 18.0. The maximum absolute atomic E-state index is 13.3. The van der Waals surface area contributed by atoms with Crippen LogP contribution in [0, 0.1) is 12.7 Å².